The number of pyridine rings is 1. The van der Waals surface area contributed by atoms with Gasteiger partial charge in [0.2, 0.25) is 5.91 Å². The van der Waals surface area contributed by atoms with Gasteiger partial charge in [-0.3, -0.25) is 4.79 Å². The van der Waals surface area contributed by atoms with Crippen molar-refractivity contribution >= 4 is 34.9 Å². The lowest BCUT2D eigenvalue weighted by atomic mass is 10.3. The van der Waals surface area contributed by atoms with Gasteiger partial charge in [-0.1, -0.05) is 29.3 Å². The SMILES string of the molecule is Cc1ccc(NC(=O)CCCOc2ccc(Cl)cc2Cl)nc1. The van der Waals surface area contributed by atoms with Crippen LogP contribution in [0.5, 0.6) is 5.75 Å². The molecule has 116 valence electrons. The van der Waals surface area contributed by atoms with E-state index in [0.717, 1.165) is 5.56 Å². The zero-order valence-electron chi connectivity index (χ0n) is 12.1. The number of halogens is 2. The van der Waals surface area contributed by atoms with Crippen molar-refractivity contribution in [3.8, 4) is 5.75 Å². The van der Waals surface area contributed by atoms with Gasteiger partial charge in [0.1, 0.15) is 11.6 Å². The molecule has 0 radical (unpaired) electrons. The van der Waals surface area contributed by atoms with Crippen molar-refractivity contribution in [3.63, 3.8) is 0 Å². The van der Waals surface area contributed by atoms with E-state index in [4.69, 9.17) is 27.9 Å². The minimum atomic E-state index is -0.0952. The van der Waals surface area contributed by atoms with E-state index in [1.807, 2.05) is 13.0 Å². The predicted molar refractivity (Wildman–Crippen MR) is 88.8 cm³/mol. The molecule has 2 aromatic rings. The number of hydrogen-bond donors (Lipinski definition) is 1. The van der Waals surface area contributed by atoms with Crippen molar-refractivity contribution in [1.29, 1.82) is 0 Å². The molecular weight excluding hydrogens is 323 g/mol. The van der Waals surface area contributed by atoms with Gasteiger partial charge >= 0.3 is 0 Å². The van der Waals surface area contributed by atoms with Crippen LogP contribution in [0, 0.1) is 6.92 Å². The first-order chi connectivity index (χ1) is 10.5. The van der Waals surface area contributed by atoms with Crippen LogP contribution in [0.2, 0.25) is 10.0 Å². The lowest BCUT2D eigenvalue weighted by molar-refractivity contribution is -0.116. The van der Waals surface area contributed by atoms with Crippen LogP contribution in [-0.2, 0) is 4.79 Å². The monoisotopic (exact) mass is 338 g/mol. The average molecular weight is 339 g/mol. The van der Waals surface area contributed by atoms with Crippen LogP contribution in [0.3, 0.4) is 0 Å². The van der Waals surface area contributed by atoms with Gasteiger partial charge in [-0.15, -0.1) is 0 Å². The lowest BCUT2D eigenvalue weighted by Gasteiger charge is -2.08. The van der Waals surface area contributed by atoms with E-state index >= 15 is 0 Å². The third-order valence-electron chi connectivity index (χ3n) is 2.88. The van der Waals surface area contributed by atoms with E-state index in [0.29, 0.717) is 41.1 Å². The average Bonchev–Trinajstić information content (AvgIpc) is 2.48. The molecule has 1 heterocycles. The molecule has 1 aromatic carbocycles. The molecule has 22 heavy (non-hydrogen) atoms. The Morgan fingerprint density at radius 2 is 2.09 bits per heavy atom. The van der Waals surface area contributed by atoms with Gasteiger partial charge in [0.05, 0.1) is 11.6 Å². The number of amides is 1. The van der Waals surface area contributed by atoms with Crippen molar-refractivity contribution in [2.24, 2.45) is 0 Å². The number of rotatable bonds is 6. The van der Waals surface area contributed by atoms with Crippen LogP contribution < -0.4 is 10.1 Å². The predicted octanol–water partition coefficient (Wildman–Crippen LogP) is 4.49. The Morgan fingerprint density at radius 1 is 1.27 bits per heavy atom. The molecule has 0 aliphatic carbocycles. The smallest absolute Gasteiger partial charge is 0.225 e. The number of anilines is 1. The summed E-state index contributed by atoms with van der Waals surface area (Å²) in [5.74, 6) is 1.02. The van der Waals surface area contributed by atoms with E-state index in [1.54, 1.807) is 30.5 Å². The summed E-state index contributed by atoms with van der Waals surface area (Å²) in [5.41, 5.74) is 1.05. The molecule has 0 unspecified atom stereocenters. The standard InChI is InChI=1S/C16H16Cl2N2O2/c1-11-4-7-15(19-10-11)20-16(21)3-2-8-22-14-6-5-12(17)9-13(14)18/h4-7,9-10H,2-3,8H2,1H3,(H,19,20,21). The summed E-state index contributed by atoms with van der Waals surface area (Å²) in [6, 6.07) is 8.71. The summed E-state index contributed by atoms with van der Waals surface area (Å²) in [6.45, 7) is 2.34. The molecule has 1 N–H and O–H groups in total. The number of ether oxygens (including phenoxy) is 1. The highest BCUT2D eigenvalue weighted by Gasteiger charge is 2.05. The Morgan fingerprint density at radius 3 is 2.77 bits per heavy atom. The number of aryl methyl sites for hydroxylation is 1. The maximum Gasteiger partial charge on any atom is 0.225 e. The first-order valence-electron chi connectivity index (χ1n) is 6.85. The number of carbonyl (C=O) groups excluding carboxylic acids is 1. The van der Waals surface area contributed by atoms with Crippen molar-refractivity contribution < 1.29 is 9.53 Å². The molecular formula is C16H16Cl2N2O2. The highest BCUT2D eigenvalue weighted by atomic mass is 35.5. The van der Waals surface area contributed by atoms with E-state index in [2.05, 4.69) is 10.3 Å². The highest BCUT2D eigenvalue weighted by Crippen LogP contribution is 2.27. The molecule has 4 nitrogen and oxygen atoms in total. The van der Waals surface area contributed by atoms with Gasteiger partial charge < -0.3 is 10.1 Å². The maximum atomic E-state index is 11.8. The van der Waals surface area contributed by atoms with E-state index < -0.39 is 0 Å². The van der Waals surface area contributed by atoms with Gasteiger partial charge in [-0.2, -0.15) is 0 Å². The van der Waals surface area contributed by atoms with E-state index in [-0.39, 0.29) is 5.91 Å². The molecule has 1 amide bonds. The maximum absolute atomic E-state index is 11.8. The summed E-state index contributed by atoms with van der Waals surface area (Å²) < 4.78 is 5.52. The van der Waals surface area contributed by atoms with Crippen LogP contribution in [0.1, 0.15) is 18.4 Å². The van der Waals surface area contributed by atoms with Crippen molar-refractivity contribution in [1.82, 2.24) is 4.98 Å². The molecule has 0 atom stereocenters. The van der Waals surface area contributed by atoms with E-state index in [9.17, 15) is 4.79 Å². The van der Waals surface area contributed by atoms with Gasteiger partial charge in [-0.05, 0) is 43.2 Å². The van der Waals surface area contributed by atoms with Crippen molar-refractivity contribution in [3.05, 3.63) is 52.1 Å². The molecule has 0 fully saturated rings. The van der Waals surface area contributed by atoms with Gasteiger partial charge in [0.25, 0.3) is 0 Å². The Bertz CT molecular complexity index is 645. The fraction of sp³-hybridized carbons (Fsp3) is 0.250. The summed E-state index contributed by atoms with van der Waals surface area (Å²) in [4.78, 5) is 15.9. The molecule has 0 bridgehead atoms. The quantitative estimate of drug-likeness (QED) is 0.789. The zero-order chi connectivity index (χ0) is 15.9. The minimum Gasteiger partial charge on any atom is -0.492 e. The zero-order valence-corrected chi connectivity index (χ0v) is 13.6. The molecule has 2 rings (SSSR count). The Labute approximate surface area is 139 Å². The lowest BCUT2D eigenvalue weighted by Crippen LogP contribution is -2.13. The molecule has 6 heteroatoms. The number of nitrogens with one attached hydrogen (secondary N) is 1. The van der Waals surface area contributed by atoms with Crippen molar-refractivity contribution in [2.45, 2.75) is 19.8 Å². The molecule has 0 spiro atoms. The molecule has 0 saturated carbocycles. The molecule has 1 aromatic heterocycles. The van der Waals surface area contributed by atoms with Crippen molar-refractivity contribution in [2.75, 3.05) is 11.9 Å². The second-order valence-electron chi connectivity index (χ2n) is 4.80. The van der Waals surface area contributed by atoms with Crippen LogP contribution in [0.15, 0.2) is 36.5 Å². The Balaban J connectivity index is 1.72. The summed E-state index contributed by atoms with van der Waals surface area (Å²) in [7, 11) is 0. The third kappa shape index (κ3) is 5.20. The Hall–Kier alpha value is -1.78. The van der Waals surface area contributed by atoms with Crippen LogP contribution in [0.4, 0.5) is 5.82 Å². The second kappa shape index (κ2) is 8.01. The van der Waals surface area contributed by atoms with Crippen LogP contribution in [-0.4, -0.2) is 17.5 Å². The highest BCUT2D eigenvalue weighted by molar-refractivity contribution is 6.35. The normalized spacial score (nSPS) is 10.3. The molecule has 0 saturated heterocycles. The topological polar surface area (TPSA) is 51.2 Å². The largest absolute Gasteiger partial charge is 0.492 e. The number of nitrogens with zero attached hydrogens (tertiary/aromatic N) is 1. The van der Waals surface area contributed by atoms with Gasteiger partial charge in [0, 0.05) is 17.6 Å². The fourth-order valence-corrected chi connectivity index (χ4v) is 2.22. The van der Waals surface area contributed by atoms with Gasteiger partial charge in [-0.25, -0.2) is 4.98 Å². The first kappa shape index (κ1) is 16.6. The summed E-state index contributed by atoms with van der Waals surface area (Å²) >= 11 is 11.8. The fourth-order valence-electron chi connectivity index (χ4n) is 1.75. The summed E-state index contributed by atoms with van der Waals surface area (Å²) in [5, 5.41) is 3.75. The number of aromatic nitrogens is 1. The van der Waals surface area contributed by atoms with E-state index in [1.165, 1.54) is 0 Å². The third-order valence-corrected chi connectivity index (χ3v) is 3.41. The van der Waals surface area contributed by atoms with Crippen LogP contribution in [0.25, 0.3) is 0 Å². The minimum absolute atomic E-state index is 0.0952. The molecule has 0 aliphatic heterocycles. The van der Waals surface area contributed by atoms with Gasteiger partial charge in [0.15, 0.2) is 0 Å². The summed E-state index contributed by atoms with van der Waals surface area (Å²) in [6.07, 6.45) is 2.64. The number of hydrogen-bond acceptors (Lipinski definition) is 3. The Kier molecular flexibility index (Phi) is 6.04. The second-order valence-corrected chi connectivity index (χ2v) is 5.64. The first-order valence-corrected chi connectivity index (χ1v) is 7.60. The van der Waals surface area contributed by atoms with Crippen LogP contribution >= 0.6 is 23.2 Å². The molecule has 0 aliphatic rings. The number of benzene rings is 1. The number of carbonyl (C=O) groups is 1.